The monoisotopic (exact) mass is 425 g/mol. The maximum Gasteiger partial charge on any atom is 0.271 e. The first-order valence-corrected chi connectivity index (χ1v) is 8.48. The van der Waals surface area contributed by atoms with E-state index in [1.807, 2.05) is 0 Å². The number of halogens is 2. The molecule has 0 unspecified atom stereocenters. The van der Waals surface area contributed by atoms with Crippen molar-refractivity contribution < 1.29 is 9.66 Å². The lowest BCUT2D eigenvalue weighted by atomic mass is 9.85. The van der Waals surface area contributed by atoms with E-state index in [1.54, 1.807) is 0 Å². The van der Waals surface area contributed by atoms with Crippen LogP contribution in [0.2, 0.25) is 0 Å². The Kier molecular flexibility index (Phi) is 6.81. The van der Waals surface area contributed by atoms with Gasteiger partial charge in [0.15, 0.2) is 0 Å². The largest absolute Gasteiger partial charge is 0.491 e. The van der Waals surface area contributed by atoms with Gasteiger partial charge in [0, 0.05) is 17.5 Å². The lowest BCUT2D eigenvalue weighted by Crippen LogP contribution is -2.29. The van der Waals surface area contributed by atoms with Crippen molar-refractivity contribution in [3.63, 3.8) is 0 Å². The molecule has 112 valence electrons. The molecule has 0 fully saturated rings. The van der Waals surface area contributed by atoms with E-state index in [9.17, 15) is 10.1 Å². The Bertz CT molecular complexity index is 461. The van der Waals surface area contributed by atoms with Gasteiger partial charge in [-0.15, -0.1) is 0 Å². The SMILES string of the molecule is CCC(CC)(CS)COc1c(Br)cc([N+](=O)[O-])cc1Br. The molecule has 0 aliphatic rings. The number of nitro groups is 1. The second-order valence-corrected chi connectivity index (χ2v) is 6.67. The highest BCUT2D eigenvalue weighted by Gasteiger charge is 2.26. The van der Waals surface area contributed by atoms with Gasteiger partial charge in [0.1, 0.15) is 5.75 Å². The summed E-state index contributed by atoms with van der Waals surface area (Å²) in [6.07, 6.45) is 1.93. The first kappa shape index (κ1) is 17.8. The van der Waals surface area contributed by atoms with Crippen LogP contribution in [0.25, 0.3) is 0 Å². The Morgan fingerprint density at radius 3 is 2.15 bits per heavy atom. The van der Waals surface area contributed by atoms with E-state index < -0.39 is 4.92 Å². The number of non-ortho nitro benzene ring substituents is 1. The van der Waals surface area contributed by atoms with E-state index in [2.05, 4.69) is 58.3 Å². The second kappa shape index (κ2) is 7.66. The predicted molar refractivity (Wildman–Crippen MR) is 90.9 cm³/mol. The molecular formula is C13H17Br2NO3S. The summed E-state index contributed by atoms with van der Waals surface area (Å²) in [5.74, 6) is 1.33. The lowest BCUT2D eigenvalue weighted by molar-refractivity contribution is -0.385. The average molecular weight is 427 g/mol. The summed E-state index contributed by atoms with van der Waals surface area (Å²) in [5.41, 5.74) is 0.0339. The smallest absolute Gasteiger partial charge is 0.271 e. The first-order chi connectivity index (χ1) is 9.39. The zero-order valence-corrected chi connectivity index (χ0v) is 15.4. The van der Waals surface area contributed by atoms with Gasteiger partial charge in [0.2, 0.25) is 0 Å². The van der Waals surface area contributed by atoms with Gasteiger partial charge >= 0.3 is 0 Å². The molecule has 4 nitrogen and oxygen atoms in total. The summed E-state index contributed by atoms with van der Waals surface area (Å²) >= 11 is 11.1. The van der Waals surface area contributed by atoms with Crippen LogP contribution in [-0.2, 0) is 0 Å². The van der Waals surface area contributed by atoms with Gasteiger partial charge in [0.05, 0.1) is 20.5 Å². The van der Waals surface area contributed by atoms with Crippen LogP contribution in [0, 0.1) is 15.5 Å². The predicted octanol–water partition coefficient (Wildman–Crippen LogP) is 5.23. The van der Waals surface area contributed by atoms with Gasteiger partial charge < -0.3 is 4.74 Å². The third-order valence-corrected chi connectivity index (χ3v) is 5.40. The normalized spacial score (nSPS) is 11.4. The van der Waals surface area contributed by atoms with E-state index in [-0.39, 0.29) is 11.1 Å². The number of ether oxygens (including phenoxy) is 1. The minimum atomic E-state index is -0.435. The van der Waals surface area contributed by atoms with Crippen molar-refractivity contribution in [2.75, 3.05) is 12.4 Å². The Hall–Kier alpha value is -0.270. The van der Waals surface area contributed by atoms with Crippen molar-refractivity contribution >= 4 is 50.2 Å². The van der Waals surface area contributed by atoms with Crippen LogP contribution in [0.5, 0.6) is 5.75 Å². The van der Waals surface area contributed by atoms with Crippen LogP contribution >= 0.6 is 44.5 Å². The molecule has 20 heavy (non-hydrogen) atoms. The summed E-state index contributed by atoms with van der Waals surface area (Å²) < 4.78 is 7.01. The molecule has 0 aromatic heterocycles. The Morgan fingerprint density at radius 1 is 1.30 bits per heavy atom. The summed E-state index contributed by atoms with van der Waals surface area (Å²) in [7, 11) is 0. The molecule has 0 saturated heterocycles. The van der Waals surface area contributed by atoms with Crippen molar-refractivity contribution in [3.8, 4) is 5.75 Å². The Balaban J connectivity index is 2.96. The molecule has 0 bridgehead atoms. The number of hydrogen-bond acceptors (Lipinski definition) is 4. The van der Waals surface area contributed by atoms with Crippen LogP contribution in [0.4, 0.5) is 5.69 Å². The Morgan fingerprint density at radius 2 is 1.80 bits per heavy atom. The van der Waals surface area contributed by atoms with Gasteiger partial charge in [-0.25, -0.2) is 0 Å². The van der Waals surface area contributed by atoms with Gasteiger partial charge in [-0.2, -0.15) is 12.6 Å². The highest BCUT2D eigenvalue weighted by molar-refractivity contribution is 9.11. The Labute approximate surface area is 141 Å². The summed E-state index contributed by atoms with van der Waals surface area (Å²) in [4.78, 5) is 10.4. The van der Waals surface area contributed by atoms with E-state index in [4.69, 9.17) is 4.74 Å². The number of thiol groups is 1. The molecule has 0 heterocycles. The molecule has 1 rings (SSSR count). The van der Waals surface area contributed by atoms with Crippen molar-refractivity contribution in [1.82, 2.24) is 0 Å². The fraction of sp³-hybridized carbons (Fsp3) is 0.538. The molecule has 0 aliphatic heterocycles. The van der Waals surface area contributed by atoms with Crippen molar-refractivity contribution in [2.45, 2.75) is 26.7 Å². The van der Waals surface area contributed by atoms with E-state index in [1.165, 1.54) is 12.1 Å². The topological polar surface area (TPSA) is 52.4 Å². The maximum atomic E-state index is 10.8. The quantitative estimate of drug-likeness (QED) is 0.368. The van der Waals surface area contributed by atoms with Gasteiger partial charge in [-0.05, 0) is 50.5 Å². The highest BCUT2D eigenvalue weighted by atomic mass is 79.9. The van der Waals surface area contributed by atoms with E-state index in [0.29, 0.717) is 21.3 Å². The van der Waals surface area contributed by atoms with Gasteiger partial charge in [-0.1, -0.05) is 13.8 Å². The fourth-order valence-corrected chi connectivity index (χ4v) is 3.67. The van der Waals surface area contributed by atoms with Crippen molar-refractivity contribution in [1.29, 1.82) is 0 Å². The van der Waals surface area contributed by atoms with Crippen molar-refractivity contribution in [2.24, 2.45) is 5.41 Å². The lowest BCUT2D eigenvalue weighted by Gasteiger charge is -2.30. The van der Waals surface area contributed by atoms with E-state index >= 15 is 0 Å². The van der Waals surface area contributed by atoms with Gasteiger partial charge in [0.25, 0.3) is 5.69 Å². The minimum absolute atomic E-state index is 0.0162. The molecule has 0 spiro atoms. The molecule has 0 aliphatic carbocycles. The second-order valence-electron chi connectivity index (χ2n) is 4.65. The number of rotatable bonds is 7. The summed E-state index contributed by atoms with van der Waals surface area (Å²) in [6.45, 7) is 4.75. The molecule has 0 N–H and O–H groups in total. The zero-order chi connectivity index (χ0) is 15.3. The standard InChI is InChI=1S/C13H17Br2NO3S/c1-3-13(4-2,8-20)7-19-12-10(14)5-9(16(17)18)6-11(12)15/h5-6,20H,3-4,7-8H2,1-2H3. The minimum Gasteiger partial charge on any atom is -0.491 e. The summed E-state index contributed by atoms with van der Waals surface area (Å²) in [5, 5.41) is 10.8. The van der Waals surface area contributed by atoms with Crippen LogP contribution in [-0.4, -0.2) is 17.3 Å². The highest BCUT2D eigenvalue weighted by Crippen LogP contribution is 2.39. The van der Waals surface area contributed by atoms with Crippen molar-refractivity contribution in [3.05, 3.63) is 31.2 Å². The molecule has 0 amide bonds. The van der Waals surface area contributed by atoms with Crippen LogP contribution < -0.4 is 4.74 Å². The molecule has 0 radical (unpaired) electrons. The first-order valence-electron chi connectivity index (χ1n) is 6.26. The summed E-state index contributed by atoms with van der Waals surface area (Å²) in [6, 6.07) is 2.89. The zero-order valence-electron chi connectivity index (χ0n) is 11.4. The average Bonchev–Trinajstić information content (AvgIpc) is 2.42. The molecule has 0 saturated carbocycles. The molecule has 1 aromatic carbocycles. The van der Waals surface area contributed by atoms with E-state index in [0.717, 1.165) is 18.6 Å². The van der Waals surface area contributed by atoms with Crippen LogP contribution in [0.1, 0.15) is 26.7 Å². The number of benzene rings is 1. The van der Waals surface area contributed by atoms with Crippen LogP contribution in [0.15, 0.2) is 21.1 Å². The number of hydrogen-bond donors (Lipinski definition) is 1. The fourth-order valence-electron chi connectivity index (χ4n) is 1.74. The third kappa shape index (κ3) is 4.11. The number of nitro benzene ring substituents is 1. The molecule has 0 atom stereocenters. The molecule has 1 aromatic rings. The molecule has 7 heteroatoms. The third-order valence-electron chi connectivity index (χ3n) is 3.55. The van der Waals surface area contributed by atoms with Gasteiger partial charge in [-0.3, -0.25) is 10.1 Å². The maximum absolute atomic E-state index is 10.8. The molecular weight excluding hydrogens is 410 g/mol. The van der Waals surface area contributed by atoms with Crippen LogP contribution in [0.3, 0.4) is 0 Å². The number of nitrogens with zero attached hydrogens (tertiary/aromatic N) is 1.